The third kappa shape index (κ3) is 2.14. The summed E-state index contributed by atoms with van der Waals surface area (Å²) in [5.74, 6) is 5.06. The zero-order chi connectivity index (χ0) is 13.7. The first kappa shape index (κ1) is 13.3. The van der Waals surface area contributed by atoms with Crippen LogP contribution in [0.1, 0.15) is 44.3 Å². The molecule has 0 amide bonds. The normalized spacial score (nSPS) is 40.2. The topological polar surface area (TPSA) is 39.2 Å². The standard InChI is InChI=1S/C17H25NOS/c1-11-15(2-3-19-11)20-10-16(18)17-7-12-4-13(8-17)6-14(5-12)9-17/h2-3,12-14,16H,4-10,18H2,1H3. The lowest BCUT2D eigenvalue weighted by Gasteiger charge is -2.59. The molecule has 20 heavy (non-hydrogen) atoms. The van der Waals surface area contributed by atoms with E-state index >= 15 is 0 Å². The highest BCUT2D eigenvalue weighted by atomic mass is 32.2. The number of aryl methyl sites for hydroxylation is 1. The predicted octanol–water partition coefficient (Wildman–Crippen LogP) is 4.22. The van der Waals surface area contributed by atoms with Gasteiger partial charge in [-0.1, -0.05) is 0 Å². The maximum atomic E-state index is 6.69. The van der Waals surface area contributed by atoms with E-state index in [0.29, 0.717) is 11.5 Å². The maximum Gasteiger partial charge on any atom is 0.114 e. The zero-order valence-electron chi connectivity index (χ0n) is 12.3. The SMILES string of the molecule is Cc1occc1SCC(N)C12CC3CC(CC(C3)C1)C2. The number of hydrogen-bond acceptors (Lipinski definition) is 3. The monoisotopic (exact) mass is 291 g/mol. The maximum absolute atomic E-state index is 6.69. The van der Waals surface area contributed by atoms with Gasteiger partial charge in [0.15, 0.2) is 0 Å². The molecule has 0 radical (unpaired) electrons. The van der Waals surface area contributed by atoms with Gasteiger partial charge >= 0.3 is 0 Å². The Kier molecular flexibility index (Phi) is 3.19. The Hall–Kier alpha value is -0.410. The molecular formula is C17H25NOS. The summed E-state index contributed by atoms with van der Waals surface area (Å²) in [5.41, 5.74) is 7.16. The van der Waals surface area contributed by atoms with Crippen LogP contribution in [0.3, 0.4) is 0 Å². The van der Waals surface area contributed by atoms with E-state index < -0.39 is 0 Å². The van der Waals surface area contributed by atoms with Gasteiger partial charge in [-0.15, -0.1) is 11.8 Å². The number of nitrogens with two attached hydrogens (primary N) is 1. The molecule has 1 aromatic heterocycles. The van der Waals surface area contributed by atoms with Crippen LogP contribution in [0.15, 0.2) is 21.6 Å². The van der Waals surface area contributed by atoms with Crippen molar-refractivity contribution in [3.63, 3.8) is 0 Å². The molecular weight excluding hydrogens is 266 g/mol. The van der Waals surface area contributed by atoms with E-state index in [0.717, 1.165) is 29.3 Å². The first-order valence-electron chi connectivity index (χ1n) is 8.07. The van der Waals surface area contributed by atoms with Crippen LogP contribution in [-0.4, -0.2) is 11.8 Å². The zero-order valence-corrected chi connectivity index (χ0v) is 13.1. The van der Waals surface area contributed by atoms with Crippen molar-refractivity contribution >= 4 is 11.8 Å². The van der Waals surface area contributed by atoms with Crippen molar-refractivity contribution in [1.82, 2.24) is 0 Å². The average molecular weight is 291 g/mol. The van der Waals surface area contributed by atoms with Crippen LogP contribution in [0.5, 0.6) is 0 Å². The highest BCUT2D eigenvalue weighted by Crippen LogP contribution is 2.61. The second-order valence-corrected chi connectivity index (χ2v) is 8.60. The summed E-state index contributed by atoms with van der Waals surface area (Å²) >= 11 is 1.89. The van der Waals surface area contributed by atoms with Crippen LogP contribution in [0.2, 0.25) is 0 Å². The largest absolute Gasteiger partial charge is 0.468 e. The smallest absolute Gasteiger partial charge is 0.114 e. The molecule has 110 valence electrons. The fraction of sp³-hybridized carbons (Fsp3) is 0.765. The van der Waals surface area contributed by atoms with E-state index in [-0.39, 0.29) is 0 Å². The van der Waals surface area contributed by atoms with Gasteiger partial charge in [0.2, 0.25) is 0 Å². The number of rotatable bonds is 4. The van der Waals surface area contributed by atoms with Gasteiger partial charge in [-0.2, -0.15) is 0 Å². The highest BCUT2D eigenvalue weighted by molar-refractivity contribution is 7.99. The minimum Gasteiger partial charge on any atom is -0.468 e. The molecule has 4 saturated carbocycles. The van der Waals surface area contributed by atoms with Crippen molar-refractivity contribution in [2.24, 2.45) is 28.9 Å². The van der Waals surface area contributed by atoms with Crippen LogP contribution >= 0.6 is 11.8 Å². The Labute approximate surface area is 125 Å². The molecule has 4 aliphatic carbocycles. The molecule has 1 unspecified atom stereocenters. The molecule has 1 aromatic rings. The fourth-order valence-corrected chi connectivity index (χ4v) is 6.63. The Morgan fingerprint density at radius 1 is 1.25 bits per heavy atom. The van der Waals surface area contributed by atoms with Crippen molar-refractivity contribution < 1.29 is 4.42 Å². The molecule has 4 fully saturated rings. The van der Waals surface area contributed by atoms with Crippen LogP contribution < -0.4 is 5.73 Å². The molecule has 4 aliphatic rings. The first-order chi connectivity index (χ1) is 9.64. The summed E-state index contributed by atoms with van der Waals surface area (Å²) in [5, 5.41) is 0. The molecule has 0 saturated heterocycles. The van der Waals surface area contributed by atoms with Gasteiger partial charge < -0.3 is 10.2 Å². The van der Waals surface area contributed by atoms with E-state index in [2.05, 4.69) is 6.07 Å². The van der Waals surface area contributed by atoms with Crippen molar-refractivity contribution in [1.29, 1.82) is 0 Å². The van der Waals surface area contributed by atoms with Crippen molar-refractivity contribution in [2.75, 3.05) is 5.75 Å². The number of furan rings is 1. The minimum absolute atomic E-state index is 0.357. The van der Waals surface area contributed by atoms with Crippen LogP contribution in [-0.2, 0) is 0 Å². The molecule has 5 rings (SSSR count). The van der Waals surface area contributed by atoms with Crippen molar-refractivity contribution in [2.45, 2.75) is 56.4 Å². The van der Waals surface area contributed by atoms with E-state index in [1.54, 1.807) is 6.26 Å². The van der Waals surface area contributed by atoms with Crippen molar-refractivity contribution in [3.8, 4) is 0 Å². The van der Waals surface area contributed by atoms with E-state index in [1.165, 1.54) is 43.4 Å². The summed E-state index contributed by atoms with van der Waals surface area (Å²) < 4.78 is 5.38. The molecule has 2 N–H and O–H groups in total. The lowest BCUT2D eigenvalue weighted by atomic mass is 9.48. The molecule has 0 spiro atoms. The number of hydrogen-bond donors (Lipinski definition) is 1. The lowest BCUT2D eigenvalue weighted by Crippen LogP contribution is -2.55. The van der Waals surface area contributed by atoms with Crippen LogP contribution in [0.4, 0.5) is 0 Å². The van der Waals surface area contributed by atoms with E-state index in [4.69, 9.17) is 10.2 Å². The Morgan fingerprint density at radius 2 is 1.85 bits per heavy atom. The molecule has 2 nitrogen and oxygen atoms in total. The van der Waals surface area contributed by atoms with E-state index in [9.17, 15) is 0 Å². The minimum atomic E-state index is 0.357. The predicted molar refractivity (Wildman–Crippen MR) is 82.7 cm³/mol. The second kappa shape index (κ2) is 4.81. The number of thioether (sulfide) groups is 1. The summed E-state index contributed by atoms with van der Waals surface area (Å²) in [6.45, 7) is 2.04. The summed E-state index contributed by atoms with van der Waals surface area (Å²) in [4.78, 5) is 1.27. The Bertz CT molecular complexity index is 460. The quantitative estimate of drug-likeness (QED) is 0.844. The van der Waals surface area contributed by atoms with Gasteiger partial charge in [-0.3, -0.25) is 0 Å². The summed E-state index contributed by atoms with van der Waals surface area (Å²) in [6, 6.07) is 2.43. The molecule has 0 aromatic carbocycles. The molecule has 3 heteroatoms. The first-order valence-corrected chi connectivity index (χ1v) is 9.06. The summed E-state index contributed by atoms with van der Waals surface area (Å²) in [6.07, 6.45) is 10.5. The molecule has 4 bridgehead atoms. The van der Waals surface area contributed by atoms with Gasteiger partial charge in [0, 0.05) is 16.7 Å². The van der Waals surface area contributed by atoms with Gasteiger partial charge in [-0.25, -0.2) is 0 Å². The molecule has 1 atom stereocenters. The van der Waals surface area contributed by atoms with Crippen molar-refractivity contribution in [3.05, 3.63) is 18.1 Å². The van der Waals surface area contributed by atoms with Gasteiger partial charge in [-0.05, 0) is 74.7 Å². The lowest BCUT2D eigenvalue weighted by molar-refractivity contribution is -0.0629. The molecule has 0 aliphatic heterocycles. The highest BCUT2D eigenvalue weighted by Gasteiger charge is 2.53. The van der Waals surface area contributed by atoms with Gasteiger partial charge in [0.1, 0.15) is 5.76 Å². The van der Waals surface area contributed by atoms with Gasteiger partial charge in [0.05, 0.1) is 6.26 Å². The third-order valence-corrected chi connectivity index (χ3v) is 7.36. The third-order valence-electron chi connectivity index (χ3n) is 6.10. The molecule has 1 heterocycles. The van der Waals surface area contributed by atoms with E-state index in [1.807, 2.05) is 18.7 Å². The van der Waals surface area contributed by atoms with Crippen LogP contribution in [0.25, 0.3) is 0 Å². The van der Waals surface area contributed by atoms with Crippen LogP contribution in [0, 0.1) is 30.1 Å². The Morgan fingerprint density at radius 3 is 2.35 bits per heavy atom. The Balaban J connectivity index is 1.45. The fourth-order valence-electron chi connectivity index (χ4n) is 5.51. The average Bonchev–Trinajstić information content (AvgIpc) is 2.80. The summed E-state index contributed by atoms with van der Waals surface area (Å²) in [7, 11) is 0. The second-order valence-electron chi connectivity index (χ2n) is 7.54. The van der Waals surface area contributed by atoms with Gasteiger partial charge in [0.25, 0.3) is 0 Å².